The van der Waals surface area contributed by atoms with Gasteiger partial charge in [-0.15, -0.1) is 0 Å². The number of aromatic nitrogens is 1. The maximum Gasteiger partial charge on any atom is 0.119 e. The van der Waals surface area contributed by atoms with E-state index in [0.29, 0.717) is 6.54 Å². The summed E-state index contributed by atoms with van der Waals surface area (Å²) < 4.78 is 7.29. The number of methoxy groups -OCH3 is 1. The van der Waals surface area contributed by atoms with Gasteiger partial charge in [0, 0.05) is 17.1 Å². The van der Waals surface area contributed by atoms with E-state index >= 15 is 0 Å². The van der Waals surface area contributed by atoms with E-state index in [4.69, 9.17) is 4.74 Å². The van der Waals surface area contributed by atoms with Gasteiger partial charge in [0.25, 0.3) is 0 Å². The Balaban J connectivity index is 1.88. The van der Waals surface area contributed by atoms with Crippen LogP contribution in [-0.2, 0) is 6.54 Å². The molecule has 0 amide bonds. The number of fused-ring (bicyclic) bond motifs is 1. The van der Waals surface area contributed by atoms with Crippen LogP contribution in [0.5, 0.6) is 5.75 Å². The van der Waals surface area contributed by atoms with E-state index in [0.717, 1.165) is 22.2 Å². The predicted octanol–water partition coefficient (Wildman–Crippen LogP) is 3.38. The molecule has 0 unspecified atom stereocenters. The summed E-state index contributed by atoms with van der Waals surface area (Å²) in [6.07, 6.45) is 1.49. The second kappa shape index (κ2) is 5.39. The molecule has 102 valence electrons. The zero-order valence-corrected chi connectivity index (χ0v) is 11.4. The maximum absolute atomic E-state index is 10.3. The molecule has 0 radical (unpaired) electrons. The smallest absolute Gasteiger partial charge is 0.119 e. The van der Waals surface area contributed by atoms with Gasteiger partial charge in [-0.1, -0.05) is 30.3 Å². The van der Waals surface area contributed by atoms with Crippen molar-refractivity contribution in [1.82, 2.24) is 4.57 Å². The third-order valence-corrected chi connectivity index (χ3v) is 3.53. The first kappa shape index (κ1) is 12.8. The van der Waals surface area contributed by atoms with E-state index in [2.05, 4.69) is 4.57 Å². The van der Waals surface area contributed by atoms with E-state index in [-0.39, 0.29) is 0 Å². The van der Waals surface area contributed by atoms with E-state index in [1.54, 1.807) is 7.11 Å². The number of hydrogen-bond donors (Lipinski definition) is 1. The minimum atomic E-state index is -0.506. The van der Waals surface area contributed by atoms with Crippen molar-refractivity contribution in [3.8, 4) is 5.75 Å². The second-order valence-corrected chi connectivity index (χ2v) is 4.82. The molecule has 0 spiro atoms. The van der Waals surface area contributed by atoms with Gasteiger partial charge in [-0.05, 0) is 29.8 Å². The highest BCUT2D eigenvalue weighted by Crippen LogP contribution is 2.24. The summed E-state index contributed by atoms with van der Waals surface area (Å²) in [5.41, 5.74) is 2.03. The Hall–Kier alpha value is -2.26. The normalized spacial score (nSPS) is 12.5. The van der Waals surface area contributed by atoms with Crippen LogP contribution in [0.2, 0.25) is 0 Å². The molecule has 1 N–H and O–H groups in total. The van der Waals surface area contributed by atoms with E-state index in [1.165, 1.54) is 0 Å². The van der Waals surface area contributed by atoms with Crippen LogP contribution in [0.25, 0.3) is 10.9 Å². The number of hydrogen-bond acceptors (Lipinski definition) is 2. The van der Waals surface area contributed by atoms with Gasteiger partial charge in [-0.25, -0.2) is 0 Å². The maximum atomic E-state index is 10.3. The first-order chi connectivity index (χ1) is 9.78. The van der Waals surface area contributed by atoms with Gasteiger partial charge in [0.1, 0.15) is 5.75 Å². The van der Waals surface area contributed by atoms with E-state index < -0.39 is 6.10 Å². The Morgan fingerprint density at radius 2 is 1.90 bits per heavy atom. The van der Waals surface area contributed by atoms with Crippen molar-refractivity contribution in [2.75, 3.05) is 7.11 Å². The van der Waals surface area contributed by atoms with Crippen molar-refractivity contribution in [3.05, 3.63) is 66.4 Å². The highest BCUT2D eigenvalue weighted by atomic mass is 16.5. The van der Waals surface area contributed by atoms with Crippen LogP contribution in [0.1, 0.15) is 11.7 Å². The molecular weight excluding hydrogens is 250 g/mol. The van der Waals surface area contributed by atoms with Gasteiger partial charge < -0.3 is 14.4 Å². The Labute approximate surface area is 118 Å². The first-order valence-electron chi connectivity index (χ1n) is 6.64. The van der Waals surface area contributed by atoms with Crippen LogP contribution in [0.15, 0.2) is 60.8 Å². The molecule has 1 aromatic heterocycles. The average Bonchev–Trinajstić information content (AvgIpc) is 2.90. The van der Waals surface area contributed by atoms with Crippen molar-refractivity contribution in [3.63, 3.8) is 0 Å². The zero-order chi connectivity index (χ0) is 13.9. The molecule has 0 saturated carbocycles. The topological polar surface area (TPSA) is 34.4 Å². The highest BCUT2D eigenvalue weighted by Gasteiger charge is 2.10. The molecule has 3 rings (SSSR count). The minimum absolute atomic E-state index is 0.506. The van der Waals surface area contributed by atoms with Crippen molar-refractivity contribution >= 4 is 10.9 Å². The minimum Gasteiger partial charge on any atom is -0.497 e. The summed E-state index contributed by atoms with van der Waals surface area (Å²) in [5.74, 6) is 0.846. The summed E-state index contributed by atoms with van der Waals surface area (Å²) >= 11 is 0. The fraction of sp³-hybridized carbons (Fsp3) is 0.176. The lowest BCUT2D eigenvalue weighted by Crippen LogP contribution is -2.07. The number of nitrogens with zero attached hydrogens (tertiary/aromatic N) is 1. The standard InChI is InChI=1S/C17H17NO2/c1-20-15-7-8-16-14(11-15)9-10-18(16)12-17(19)13-5-3-2-4-6-13/h2-11,17,19H,12H2,1H3/t17-/m0/s1. The van der Waals surface area contributed by atoms with E-state index in [9.17, 15) is 5.11 Å². The number of rotatable bonds is 4. The van der Waals surface area contributed by atoms with Crippen LogP contribution in [0.3, 0.4) is 0 Å². The van der Waals surface area contributed by atoms with Gasteiger partial charge in [-0.3, -0.25) is 0 Å². The first-order valence-corrected chi connectivity index (χ1v) is 6.64. The monoisotopic (exact) mass is 267 g/mol. The SMILES string of the molecule is COc1ccc2c(ccn2C[C@H](O)c2ccccc2)c1. The average molecular weight is 267 g/mol. The van der Waals surface area contributed by atoms with Crippen LogP contribution < -0.4 is 4.74 Å². The largest absolute Gasteiger partial charge is 0.497 e. The summed E-state index contributed by atoms with van der Waals surface area (Å²) in [4.78, 5) is 0. The molecule has 1 atom stereocenters. The summed E-state index contributed by atoms with van der Waals surface area (Å²) in [6, 6.07) is 17.7. The second-order valence-electron chi connectivity index (χ2n) is 4.82. The summed E-state index contributed by atoms with van der Waals surface area (Å²) in [6.45, 7) is 0.542. The van der Waals surface area contributed by atoms with Crippen molar-refractivity contribution in [1.29, 1.82) is 0 Å². The summed E-state index contributed by atoms with van der Waals surface area (Å²) in [7, 11) is 1.66. The Morgan fingerprint density at radius 1 is 1.10 bits per heavy atom. The van der Waals surface area contributed by atoms with Gasteiger partial charge in [0.2, 0.25) is 0 Å². The molecule has 0 aliphatic rings. The fourth-order valence-electron chi connectivity index (χ4n) is 2.43. The number of aliphatic hydroxyl groups excluding tert-OH is 1. The van der Waals surface area contributed by atoms with Crippen molar-refractivity contribution < 1.29 is 9.84 Å². The quantitative estimate of drug-likeness (QED) is 0.786. The van der Waals surface area contributed by atoms with Gasteiger partial charge in [-0.2, -0.15) is 0 Å². The predicted molar refractivity (Wildman–Crippen MR) is 79.9 cm³/mol. The molecule has 3 heteroatoms. The Kier molecular flexibility index (Phi) is 3.44. The van der Waals surface area contributed by atoms with E-state index in [1.807, 2.05) is 60.8 Å². The van der Waals surface area contributed by atoms with Crippen LogP contribution in [-0.4, -0.2) is 16.8 Å². The molecule has 3 aromatic rings. The molecule has 0 bridgehead atoms. The number of aliphatic hydroxyl groups is 1. The molecule has 0 fully saturated rings. The molecule has 3 nitrogen and oxygen atoms in total. The fourth-order valence-corrected chi connectivity index (χ4v) is 2.43. The lowest BCUT2D eigenvalue weighted by Gasteiger charge is -2.13. The molecule has 1 heterocycles. The van der Waals surface area contributed by atoms with Crippen LogP contribution >= 0.6 is 0 Å². The molecule has 2 aromatic carbocycles. The number of benzene rings is 2. The highest BCUT2D eigenvalue weighted by molar-refractivity contribution is 5.81. The van der Waals surface area contributed by atoms with Crippen LogP contribution in [0.4, 0.5) is 0 Å². The Bertz CT molecular complexity index is 703. The zero-order valence-electron chi connectivity index (χ0n) is 11.4. The molecule has 0 aliphatic carbocycles. The number of ether oxygens (including phenoxy) is 1. The molecular formula is C17H17NO2. The lowest BCUT2D eigenvalue weighted by atomic mass is 10.1. The van der Waals surface area contributed by atoms with Crippen molar-refractivity contribution in [2.24, 2.45) is 0 Å². The van der Waals surface area contributed by atoms with Gasteiger partial charge in [0.05, 0.1) is 19.8 Å². The third kappa shape index (κ3) is 2.40. The van der Waals surface area contributed by atoms with Gasteiger partial charge >= 0.3 is 0 Å². The third-order valence-electron chi connectivity index (χ3n) is 3.53. The van der Waals surface area contributed by atoms with Gasteiger partial charge in [0.15, 0.2) is 0 Å². The summed E-state index contributed by atoms with van der Waals surface area (Å²) in [5, 5.41) is 11.4. The Morgan fingerprint density at radius 3 is 2.65 bits per heavy atom. The lowest BCUT2D eigenvalue weighted by molar-refractivity contribution is 0.158. The molecule has 0 aliphatic heterocycles. The molecule has 20 heavy (non-hydrogen) atoms. The van der Waals surface area contributed by atoms with Crippen LogP contribution in [0, 0.1) is 0 Å². The molecule has 0 saturated heterocycles. The van der Waals surface area contributed by atoms with Crippen molar-refractivity contribution in [2.45, 2.75) is 12.6 Å².